The molecule has 2 amide bonds. The first-order valence-electron chi connectivity index (χ1n) is 9.76. The number of benzene rings is 3. The number of fused-ring (bicyclic) bond motifs is 1. The maximum Gasteiger partial charge on any atom is 0.269 e. The van der Waals surface area contributed by atoms with Gasteiger partial charge >= 0.3 is 0 Å². The van der Waals surface area contributed by atoms with Crippen molar-refractivity contribution in [2.75, 3.05) is 9.91 Å². The van der Waals surface area contributed by atoms with Gasteiger partial charge in [0.1, 0.15) is 12.0 Å². The molecule has 1 fully saturated rings. The molecular weight excluding hydrogens is 476 g/mol. The largest absolute Gasteiger partial charge is 0.273 e. The van der Waals surface area contributed by atoms with Gasteiger partial charge in [0, 0.05) is 16.6 Å². The Morgan fingerprint density at radius 1 is 0.844 bits per heavy atom. The van der Waals surface area contributed by atoms with Crippen LogP contribution in [-0.2, 0) is 9.59 Å². The summed E-state index contributed by atoms with van der Waals surface area (Å²) < 4.78 is 0.833. The molecule has 0 aromatic heterocycles. The van der Waals surface area contributed by atoms with Gasteiger partial charge in [0.2, 0.25) is 5.91 Å². The van der Waals surface area contributed by atoms with Crippen molar-refractivity contribution in [1.29, 1.82) is 0 Å². The number of halogens is 1. The number of hydrogen-bond donors (Lipinski definition) is 0. The molecule has 2 aliphatic rings. The average Bonchev–Trinajstić information content (AvgIpc) is 3.32. The molecule has 0 unspecified atom stereocenters. The molecule has 0 N–H and O–H groups in total. The number of nitro groups is 1. The van der Waals surface area contributed by atoms with E-state index in [1.807, 2.05) is 30.3 Å². The first-order chi connectivity index (χ1) is 15.5. The number of carbonyl (C=O) groups excluding carboxylic acids is 2. The van der Waals surface area contributed by atoms with Crippen LogP contribution in [0.3, 0.4) is 0 Å². The smallest absolute Gasteiger partial charge is 0.269 e. The Morgan fingerprint density at radius 3 is 2.12 bits per heavy atom. The van der Waals surface area contributed by atoms with Crippen molar-refractivity contribution in [2.24, 2.45) is 11.0 Å². The quantitative estimate of drug-likeness (QED) is 0.311. The zero-order chi connectivity index (χ0) is 22.4. The molecule has 32 heavy (non-hydrogen) atoms. The van der Waals surface area contributed by atoms with Gasteiger partial charge in [0.05, 0.1) is 22.0 Å². The van der Waals surface area contributed by atoms with Gasteiger partial charge in [-0.2, -0.15) is 5.10 Å². The average molecular weight is 491 g/mol. The van der Waals surface area contributed by atoms with E-state index < -0.39 is 16.9 Å². The van der Waals surface area contributed by atoms with Gasteiger partial charge in [-0.3, -0.25) is 24.7 Å². The number of para-hydroxylation sites is 1. The molecule has 8 nitrogen and oxygen atoms in total. The van der Waals surface area contributed by atoms with Crippen LogP contribution in [0.4, 0.5) is 17.1 Å². The number of imide groups is 1. The summed E-state index contributed by atoms with van der Waals surface area (Å²) in [6.07, 6.45) is 0. The van der Waals surface area contributed by atoms with E-state index in [0.29, 0.717) is 22.6 Å². The minimum atomic E-state index is -0.835. The molecule has 0 radical (unpaired) electrons. The van der Waals surface area contributed by atoms with Gasteiger partial charge in [-0.15, -0.1) is 0 Å². The number of nitrogens with zero attached hydrogens (tertiary/aromatic N) is 4. The standard InChI is InChI=1S/C23H15BrN4O4/c24-15-8-12-16(13-9-15)26-22(29)19-20(14-6-10-18(11-7-14)28(31)32)25-27(21(19)23(26)30)17-4-2-1-3-5-17/h1-13,19,21H/t19-,21-/m0/s1. The lowest BCUT2D eigenvalue weighted by Crippen LogP contribution is -2.39. The fourth-order valence-corrected chi connectivity index (χ4v) is 4.31. The SMILES string of the molecule is O=C1[C@H]2C(c3ccc([N+](=O)[O-])cc3)=NN(c3ccccc3)[C@@H]2C(=O)N1c1ccc(Br)cc1. The van der Waals surface area contributed by atoms with Crippen molar-refractivity contribution in [2.45, 2.75) is 6.04 Å². The van der Waals surface area contributed by atoms with E-state index in [1.54, 1.807) is 41.4 Å². The van der Waals surface area contributed by atoms with E-state index >= 15 is 0 Å². The van der Waals surface area contributed by atoms with Gasteiger partial charge < -0.3 is 0 Å². The molecule has 2 heterocycles. The highest BCUT2D eigenvalue weighted by atomic mass is 79.9. The van der Waals surface area contributed by atoms with Crippen molar-refractivity contribution in [3.05, 3.63) is 99.0 Å². The molecule has 9 heteroatoms. The number of amides is 2. The predicted octanol–water partition coefficient (Wildman–Crippen LogP) is 4.14. The Morgan fingerprint density at radius 2 is 1.50 bits per heavy atom. The molecule has 2 atom stereocenters. The van der Waals surface area contributed by atoms with E-state index in [1.165, 1.54) is 17.0 Å². The van der Waals surface area contributed by atoms with Crippen LogP contribution in [0.15, 0.2) is 88.4 Å². The van der Waals surface area contributed by atoms with E-state index in [9.17, 15) is 19.7 Å². The monoisotopic (exact) mass is 490 g/mol. The number of rotatable bonds is 4. The molecule has 3 aromatic rings. The van der Waals surface area contributed by atoms with Crippen molar-refractivity contribution >= 4 is 50.5 Å². The fourth-order valence-electron chi connectivity index (χ4n) is 4.05. The van der Waals surface area contributed by atoms with E-state index in [0.717, 1.165) is 4.47 Å². The summed E-state index contributed by atoms with van der Waals surface area (Å²) >= 11 is 3.37. The van der Waals surface area contributed by atoms with Gasteiger partial charge in [-0.05, 0) is 54.1 Å². The van der Waals surface area contributed by atoms with Gasteiger partial charge in [-0.1, -0.05) is 34.1 Å². The van der Waals surface area contributed by atoms with E-state index in [2.05, 4.69) is 21.0 Å². The zero-order valence-corrected chi connectivity index (χ0v) is 18.0. The summed E-state index contributed by atoms with van der Waals surface area (Å²) in [5, 5.41) is 17.2. The summed E-state index contributed by atoms with van der Waals surface area (Å²) in [6, 6.07) is 21.1. The van der Waals surface area contributed by atoms with Gasteiger partial charge in [0.25, 0.3) is 11.6 Å². The number of non-ortho nitro benzene ring substituents is 1. The van der Waals surface area contributed by atoms with E-state index in [-0.39, 0.29) is 17.5 Å². The molecular formula is C23H15BrN4O4. The Kier molecular flexibility index (Phi) is 4.82. The molecule has 1 saturated heterocycles. The number of anilines is 2. The van der Waals surface area contributed by atoms with Crippen LogP contribution in [0.25, 0.3) is 0 Å². The summed E-state index contributed by atoms with van der Waals surface area (Å²) in [5.41, 5.74) is 2.07. The molecule has 0 bridgehead atoms. The molecule has 0 aliphatic carbocycles. The Balaban J connectivity index is 1.61. The Labute approximate surface area is 191 Å². The Bertz CT molecular complexity index is 1260. The van der Waals surface area contributed by atoms with Crippen molar-refractivity contribution in [1.82, 2.24) is 0 Å². The lowest BCUT2D eigenvalue weighted by molar-refractivity contribution is -0.384. The second-order valence-corrected chi connectivity index (χ2v) is 8.30. The molecule has 0 saturated carbocycles. The zero-order valence-electron chi connectivity index (χ0n) is 16.5. The molecule has 2 aliphatic heterocycles. The van der Waals surface area contributed by atoms with Gasteiger partial charge in [0.15, 0.2) is 0 Å². The summed E-state index contributed by atoms with van der Waals surface area (Å²) in [4.78, 5) is 38.7. The van der Waals surface area contributed by atoms with Crippen molar-refractivity contribution < 1.29 is 14.5 Å². The summed E-state index contributed by atoms with van der Waals surface area (Å²) in [5.74, 6) is -1.57. The first kappa shape index (κ1) is 20.1. The third kappa shape index (κ3) is 3.18. The third-order valence-electron chi connectivity index (χ3n) is 5.53. The second-order valence-electron chi connectivity index (χ2n) is 7.38. The number of hydrogen-bond acceptors (Lipinski definition) is 6. The van der Waals surface area contributed by atoms with Crippen molar-refractivity contribution in [3.8, 4) is 0 Å². The van der Waals surface area contributed by atoms with Crippen LogP contribution in [0.5, 0.6) is 0 Å². The fraction of sp³-hybridized carbons (Fsp3) is 0.0870. The summed E-state index contributed by atoms with van der Waals surface area (Å²) in [7, 11) is 0. The normalized spacial score (nSPS) is 19.8. The number of nitro benzene ring substituents is 1. The predicted molar refractivity (Wildman–Crippen MR) is 122 cm³/mol. The maximum atomic E-state index is 13.5. The van der Waals surface area contributed by atoms with Gasteiger partial charge in [-0.25, -0.2) is 4.90 Å². The minimum absolute atomic E-state index is 0.0610. The Hall–Kier alpha value is -3.85. The first-order valence-corrected chi connectivity index (χ1v) is 10.6. The van der Waals surface area contributed by atoms with Crippen molar-refractivity contribution in [3.63, 3.8) is 0 Å². The number of hydrazone groups is 1. The van der Waals surface area contributed by atoms with Crippen LogP contribution >= 0.6 is 15.9 Å². The maximum absolute atomic E-state index is 13.5. The van der Waals surface area contributed by atoms with Crippen LogP contribution in [0.1, 0.15) is 5.56 Å². The number of carbonyl (C=O) groups is 2. The van der Waals surface area contributed by atoms with Crippen LogP contribution in [0.2, 0.25) is 0 Å². The summed E-state index contributed by atoms with van der Waals surface area (Å²) in [6.45, 7) is 0. The molecule has 158 valence electrons. The van der Waals surface area contributed by atoms with Crippen LogP contribution < -0.4 is 9.91 Å². The molecule has 3 aromatic carbocycles. The molecule has 0 spiro atoms. The molecule has 5 rings (SSSR count). The van der Waals surface area contributed by atoms with Crippen LogP contribution in [-0.4, -0.2) is 28.5 Å². The van der Waals surface area contributed by atoms with E-state index in [4.69, 9.17) is 0 Å². The highest BCUT2D eigenvalue weighted by molar-refractivity contribution is 9.10. The topological polar surface area (TPSA) is 96.1 Å². The minimum Gasteiger partial charge on any atom is -0.273 e. The lowest BCUT2D eigenvalue weighted by atomic mass is 9.92. The highest BCUT2D eigenvalue weighted by Crippen LogP contribution is 2.39. The lowest BCUT2D eigenvalue weighted by Gasteiger charge is -2.22. The second kappa shape index (κ2) is 7.69. The van der Waals surface area contributed by atoms with Crippen LogP contribution in [0, 0.1) is 16.0 Å². The third-order valence-corrected chi connectivity index (χ3v) is 6.06. The highest BCUT2D eigenvalue weighted by Gasteiger charge is 2.57.